The molecule has 0 aromatic heterocycles. The van der Waals surface area contributed by atoms with Gasteiger partial charge in [0, 0.05) is 36.7 Å². The van der Waals surface area contributed by atoms with Gasteiger partial charge in [0.05, 0.1) is 11.5 Å². The van der Waals surface area contributed by atoms with Crippen LogP contribution in [0.3, 0.4) is 0 Å². The fraction of sp³-hybridized carbons (Fsp3) is 0.263. The Balaban J connectivity index is 2.21. The lowest BCUT2D eigenvalue weighted by Gasteiger charge is -2.13. The van der Waals surface area contributed by atoms with Gasteiger partial charge in [-0.2, -0.15) is 0 Å². The summed E-state index contributed by atoms with van der Waals surface area (Å²) < 4.78 is 28.2. The van der Waals surface area contributed by atoms with Gasteiger partial charge < -0.3 is 15.4 Å². The molecule has 0 radical (unpaired) electrons. The van der Waals surface area contributed by atoms with E-state index in [0.717, 1.165) is 6.26 Å². The second-order valence-electron chi connectivity index (χ2n) is 5.98. The summed E-state index contributed by atoms with van der Waals surface area (Å²) in [7, 11) is -1.86. The maximum atomic E-state index is 12.5. The van der Waals surface area contributed by atoms with Crippen LogP contribution in [0.5, 0.6) is 0 Å². The molecule has 2 aromatic carbocycles. The van der Waals surface area contributed by atoms with Gasteiger partial charge in [0.2, 0.25) is 0 Å². The van der Waals surface area contributed by atoms with Crippen molar-refractivity contribution in [1.82, 2.24) is 5.32 Å². The quantitative estimate of drug-likeness (QED) is 0.705. The summed E-state index contributed by atoms with van der Waals surface area (Å²) in [6.07, 6.45) is 1.08. The van der Waals surface area contributed by atoms with Crippen molar-refractivity contribution in [3.8, 4) is 0 Å². The molecule has 0 heterocycles. The summed E-state index contributed by atoms with van der Waals surface area (Å²) in [5.74, 6) is -0.722. The van der Waals surface area contributed by atoms with Crippen molar-refractivity contribution in [2.24, 2.45) is 0 Å². The Kier molecular flexibility index (Phi) is 6.70. The topological polar surface area (TPSA) is 102 Å². The highest BCUT2D eigenvalue weighted by Gasteiger charge is 2.15. The molecule has 0 unspecified atom stereocenters. The number of carbonyl (C=O) groups excluding carboxylic acids is 2. The van der Waals surface area contributed by atoms with Crippen LogP contribution in [0, 0.1) is 6.92 Å². The van der Waals surface area contributed by atoms with E-state index < -0.39 is 15.7 Å². The van der Waals surface area contributed by atoms with Crippen LogP contribution in [0.1, 0.15) is 26.3 Å². The highest BCUT2D eigenvalue weighted by atomic mass is 32.2. The zero-order valence-corrected chi connectivity index (χ0v) is 16.2. The molecule has 8 heteroatoms. The lowest BCUT2D eigenvalue weighted by atomic mass is 10.1. The van der Waals surface area contributed by atoms with Gasteiger partial charge in [-0.1, -0.05) is 12.1 Å². The van der Waals surface area contributed by atoms with Crippen molar-refractivity contribution in [2.75, 3.05) is 31.8 Å². The Morgan fingerprint density at radius 1 is 1.07 bits per heavy atom. The van der Waals surface area contributed by atoms with E-state index in [2.05, 4.69) is 10.6 Å². The third-order valence-electron chi connectivity index (χ3n) is 3.94. The van der Waals surface area contributed by atoms with Crippen molar-refractivity contribution in [3.63, 3.8) is 0 Å². The number of amides is 2. The summed E-state index contributed by atoms with van der Waals surface area (Å²) >= 11 is 0. The monoisotopic (exact) mass is 390 g/mol. The summed E-state index contributed by atoms with van der Waals surface area (Å²) in [5.41, 5.74) is 1.74. The summed E-state index contributed by atoms with van der Waals surface area (Å²) in [4.78, 5) is 24.8. The van der Waals surface area contributed by atoms with Crippen molar-refractivity contribution >= 4 is 27.3 Å². The van der Waals surface area contributed by atoms with Crippen LogP contribution < -0.4 is 10.6 Å². The molecule has 2 aromatic rings. The molecule has 144 valence electrons. The maximum absolute atomic E-state index is 12.5. The predicted molar refractivity (Wildman–Crippen MR) is 103 cm³/mol. The van der Waals surface area contributed by atoms with E-state index in [1.165, 1.54) is 24.3 Å². The van der Waals surface area contributed by atoms with Crippen LogP contribution in [-0.4, -0.2) is 46.7 Å². The van der Waals surface area contributed by atoms with E-state index in [9.17, 15) is 18.0 Å². The third-order valence-corrected chi connectivity index (χ3v) is 5.05. The number of hydrogen-bond donors (Lipinski definition) is 2. The molecule has 0 atom stereocenters. The van der Waals surface area contributed by atoms with Gasteiger partial charge in [0.1, 0.15) is 0 Å². The molecule has 0 fully saturated rings. The van der Waals surface area contributed by atoms with Gasteiger partial charge in [-0.3, -0.25) is 9.59 Å². The van der Waals surface area contributed by atoms with Gasteiger partial charge >= 0.3 is 0 Å². The van der Waals surface area contributed by atoms with Crippen LogP contribution in [-0.2, 0) is 14.6 Å². The van der Waals surface area contributed by atoms with Crippen LogP contribution in [0.4, 0.5) is 5.69 Å². The Morgan fingerprint density at radius 3 is 2.44 bits per heavy atom. The van der Waals surface area contributed by atoms with Crippen LogP contribution in [0.25, 0.3) is 0 Å². The highest BCUT2D eigenvalue weighted by molar-refractivity contribution is 7.90. The first kappa shape index (κ1) is 20.6. The Labute approximate surface area is 158 Å². The Hall–Kier alpha value is -2.71. The largest absolute Gasteiger partial charge is 0.383 e. The molecule has 0 aliphatic carbocycles. The van der Waals surface area contributed by atoms with Gasteiger partial charge in [-0.25, -0.2) is 8.42 Å². The Bertz CT molecular complexity index is 954. The van der Waals surface area contributed by atoms with Gasteiger partial charge in [-0.15, -0.1) is 0 Å². The molecule has 2 N–H and O–H groups in total. The molecule has 27 heavy (non-hydrogen) atoms. The van der Waals surface area contributed by atoms with E-state index in [0.29, 0.717) is 30.0 Å². The minimum atomic E-state index is -3.41. The molecule has 0 saturated carbocycles. The fourth-order valence-electron chi connectivity index (χ4n) is 2.44. The molecule has 7 nitrogen and oxygen atoms in total. The lowest BCUT2D eigenvalue weighted by Crippen LogP contribution is -2.27. The molecule has 0 bridgehead atoms. The summed E-state index contributed by atoms with van der Waals surface area (Å²) in [6.45, 7) is 2.51. The van der Waals surface area contributed by atoms with E-state index in [4.69, 9.17) is 4.74 Å². The van der Waals surface area contributed by atoms with E-state index in [-0.39, 0.29) is 16.4 Å². The van der Waals surface area contributed by atoms with Crippen molar-refractivity contribution in [1.29, 1.82) is 0 Å². The molecule has 0 aliphatic rings. The number of carbonyl (C=O) groups is 2. The van der Waals surface area contributed by atoms with E-state index >= 15 is 0 Å². The van der Waals surface area contributed by atoms with E-state index in [1.807, 2.05) is 0 Å². The Morgan fingerprint density at radius 2 is 1.78 bits per heavy atom. The number of benzene rings is 2. The number of rotatable bonds is 7. The fourth-order valence-corrected chi connectivity index (χ4v) is 3.11. The first-order chi connectivity index (χ1) is 12.7. The average molecular weight is 390 g/mol. The molecule has 0 saturated heterocycles. The van der Waals surface area contributed by atoms with Gasteiger partial charge in [0.25, 0.3) is 11.8 Å². The average Bonchev–Trinajstić information content (AvgIpc) is 2.63. The lowest BCUT2D eigenvalue weighted by molar-refractivity contribution is 0.0935. The predicted octanol–water partition coefficient (Wildman–Crippen LogP) is 2.03. The number of hydrogen-bond acceptors (Lipinski definition) is 5. The van der Waals surface area contributed by atoms with Crippen LogP contribution >= 0.6 is 0 Å². The third kappa shape index (κ3) is 5.38. The normalized spacial score (nSPS) is 11.1. The van der Waals surface area contributed by atoms with Gasteiger partial charge in [0.15, 0.2) is 9.84 Å². The van der Waals surface area contributed by atoms with Crippen molar-refractivity contribution in [3.05, 3.63) is 59.2 Å². The van der Waals surface area contributed by atoms with Crippen LogP contribution in [0.15, 0.2) is 47.4 Å². The van der Waals surface area contributed by atoms with Crippen molar-refractivity contribution < 1.29 is 22.7 Å². The van der Waals surface area contributed by atoms with E-state index in [1.54, 1.807) is 32.2 Å². The maximum Gasteiger partial charge on any atom is 0.255 e. The number of sulfone groups is 1. The minimum Gasteiger partial charge on any atom is -0.383 e. The standard InChI is InChI=1S/C19H22N2O5S/c1-13-16(19(23)20-10-11-26-2)8-5-9-17(13)21-18(22)14-6-4-7-15(12-14)27(3,24)25/h4-9,12H,10-11H2,1-3H3,(H,20,23)(H,21,22). The van der Waals surface area contributed by atoms with Crippen molar-refractivity contribution in [2.45, 2.75) is 11.8 Å². The smallest absolute Gasteiger partial charge is 0.255 e. The molecular weight excluding hydrogens is 368 g/mol. The van der Waals surface area contributed by atoms with Gasteiger partial charge in [-0.05, 0) is 42.8 Å². The first-order valence-corrected chi connectivity index (χ1v) is 10.1. The SMILES string of the molecule is COCCNC(=O)c1cccc(NC(=O)c2cccc(S(C)(=O)=O)c2)c1C. The number of methoxy groups -OCH3 is 1. The summed E-state index contributed by atoms with van der Waals surface area (Å²) in [5, 5.41) is 5.46. The highest BCUT2D eigenvalue weighted by Crippen LogP contribution is 2.20. The number of ether oxygens (including phenoxy) is 1. The summed E-state index contributed by atoms with van der Waals surface area (Å²) in [6, 6.07) is 10.8. The minimum absolute atomic E-state index is 0.0677. The number of anilines is 1. The van der Waals surface area contributed by atoms with Crippen LogP contribution in [0.2, 0.25) is 0 Å². The second-order valence-corrected chi connectivity index (χ2v) is 8.00. The number of nitrogens with one attached hydrogen (secondary N) is 2. The molecular formula is C19H22N2O5S. The molecule has 2 rings (SSSR count). The second kappa shape index (κ2) is 8.79. The molecule has 0 aliphatic heterocycles. The molecule has 0 spiro atoms. The first-order valence-electron chi connectivity index (χ1n) is 8.22. The zero-order chi connectivity index (χ0) is 20.0. The molecule has 2 amide bonds. The zero-order valence-electron chi connectivity index (χ0n) is 15.4.